The van der Waals surface area contributed by atoms with Crippen molar-refractivity contribution in [3.05, 3.63) is 68.8 Å². The minimum atomic E-state index is -4.13. The molecule has 0 aliphatic heterocycles. The van der Waals surface area contributed by atoms with Crippen LogP contribution in [0.2, 0.25) is 0 Å². The highest BCUT2D eigenvalue weighted by Gasteiger charge is 2.15. The highest BCUT2D eigenvalue weighted by atomic mass is 32.2. The van der Waals surface area contributed by atoms with Crippen molar-refractivity contribution in [1.82, 2.24) is 0 Å². The molecule has 0 saturated heterocycles. The fourth-order valence-electron chi connectivity index (χ4n) is 1.53. The monoisotopic (exact) mass is 336 g/mol. The van der Waals surface area contributed by atoms with Gasteiger partial charge in [-0.15, -0.1) is 5.11 Å². The Kier molecular flexibility index (Phi) is 4.41. The highest BCUT2D eigenvalue weighted by Crippen LogP contribution is 2.21. The van der Waals surface area contributed by atoms with Gasteiger partial charge in [0.15, 0.2) is 0 Å². The summed E-state index contributed by atoms with van der Waals surface area (Å²) < 4.78 is 27.0. The predicted molar refractivity (Wildman–Crippen MR) is 77.9 cm³/mol. The lowest BCUT2D eigenvalue weighted by Gasteiger charge is -1.97. The number of hydrogen-bond donors (Lipinski definition) is 0. The van der Waals surface area contributed by atoms with E-state index in [0.29, 0.717) is 0 Å². The van der Waals surface area contributed by atoms with Crippen molar-refractivity contribution < 1.29 is 18.3 Å². The van der Waals surface area contributed by atoms with Crippen molar-refractivity contribution in [2.75, 3.05) is 0 Å². The summed E-state index contributed by atoms with van der Waals surface area (Å²) >= 11 is 0. The SMILES string of the molecule is O=[N+]([O-])c1ccc(N=NS(=O)(=O)c2ccc([N+](=O)[O-])cc2)cc1. The lowest BCUT2D eigenvalue weighted by molar-refractivity contribution is -0.385. The fourth-order valence-corrected chi connectivity index (χ4v) is 2.30. The second-order valence-electron chi connectivity index (χ2n) is 4.18. The zero-order valence-corrected chi connectivity index (χ0v) is 12.1. The molecule has 10 nitrogen and oxygen atoms in total. The number of hydrogen-bond acceptors (Lipinski definition) is 7. The Morgan fingerprint density at radius 1 is 0.783 bits per heavy atom. The van der Waals surface area contributed by atoms with Gasteiger partial charge in [-0.1, -0.05) is 4.52 Å². The Bertz CT molecular complexity index is 875. The minimum absolute atomic E-state index is 0.112. The van der Waals surface area contributed by atoms with E-state index in [1.165, 1.54) is 12.1 Å². The van der Waals surface area contributed by atoms with Crippen molar-refractivity contribution in [2.45, 2.75) is 4.90 Å². The number of nitro groups is 2. The van der Waals surface area contributed by atoms with Gasteiger partial charge in [-0.05, 0) is 24.3 Å². The lowest BCUT2D eigenvalue weighted by atomic mass is 10.3. The van der Waals surface area contributed by atoms with Crippen molar-refractivity contribution in [3.8, 4) is 0 Å². The summed E-state index contributed by atoms with van der Waals surface area (Å²) in [5, 5.41) is 24.5. The fraction of sp³-hybridized carbons (Fsp3) is 0. The Hall–Kier alpha value is -3.21. The maximum atomic E-state index is 11.9. The van der Waals surface area contributed by atoms with E-state index in [2.05, 4.69) is 9.63 Å². The number of nitrogens with zero attached hydrogens (tertiary/aromatic N) is 4. The molecule has 23 heavy (non-hydrogen) atoms. The maximum absolute atomic E-state index is 11.9. The molecule has 2 aromatic carbocycles. The quantitative estimate of drug-likeness (QED) is 0.466. The minimum Gasteiger partial charge on any atom is -0.258 e. The van der Waals surface area contributed by atoms with E-state index in [-0.39, 0.29) is 22.0 Å². The van der Waals surface area contributed by atoms with Gasteiger partial charge in [0.25, 0.3) is 21.4 Å². The molecule has 0 heterocycles. The van der Waals surface area contributed by atoms with Crippen LogP contribution in [-0.2, 0) is 10.0 Å². The Balaban J connectivity index is 2.22. The maximum Gasteiger partial charge on any atom is 0.299 e. The summed E-state index contributed by atoms with van der Waals surface area (Å²) in [5.74, 6) is 0. The van der Waals surface area contributed by atoms with Gasteiger partial charge < -0.3 is 0 Å². The lowest BCUT2D eigenvalue weighted by Crippen LogP contribution is -1.96. The highest BCUT2D eigenvalue weighted by molar-refractivity contribution is 7.90. The predicted octanol–water partition coefficient (Wildman–Crippen LogP) is 2.98. The van der Waals surface area contributed by atoms with Gasteiger partial charge >= 0.3 is 0 Å². The standard InChI is InChI=1S/C12H8N4O6S/c17-15(18)10-3-1-9(2-4-10)13-14-23(21,22)12-7-5-11(6-8-12)16(19)20/h1-8H. The third-order valence-electron chi connectivity index (χ3n) is 2.67. The molecule has 0 radical (unpaired) electrons. The van der Waals surface area contributed by atoms with Gasteiger partial charge in [0.2, 0.25) is 0 Å². The second kappa shape index (κ2) is 6.27. The van der Waals surface area contributed by atoms with Gasteiger partial charge in [0.05, 0.1) is 20.4 Å². The first-order valence-electron chi connectivity index (χ1n) is 5.96. The average molecular weight is 336 g/mol. The van der Waals surface area contributed by atoms with Crippen LogP contribution < -0.4 is 0 Å². The molecule has 0 saturated carbocycles. The Morgan fingerprint density at radius 3 is 1.65 bits per heavy atom. The van der Waals surface area contributed by atoms with Crippen LogP contribution in [0.4, 0.5) is 17.1 Å². The molecule has 0 aliphatic carbocycles. The van der Waals surface area contributed by atoms with Gasteiger partial charge in [0.1, 0.15) is 0 Å². The number of benzene rings is 2. The molecule has 2 aromatic rings. The molecule has 0 aromatic heterocycles. The molecular weight excluding hydrogens is 328 g/mol. The topological polar surface area (TPSA) is 145 Å². The van der Waals surface area contributed by atoms with Gasteiger partial charge in [-0.25, -0.2) is 0 Å². The molecule has 0 N–H and O–H groups in total. The molecule has 0 amide bonds. The molecule has 0 atom stereocenters. The first-order chi connectivity index (χ1) is 10.8. The van der Waals surface area contributed by atoms with Crippen molar-refractivity contribution >= 4 is 27.1 Å². The number of rotatable bonds is 5. The third-order valence-corrected chi connectivity index (χ3v) is 3.83. The molecule has 0 aliphatic rings. The smallest absolute Gasteiger partial charge is 0.258 e. The summed E-state index contributed by atoms with van der Waals surface area (Å²) in [6.07, 6.45) is 0. The number of nitro benzene ring substituents is 2. The van der Waals surface area contributed by atoms with Crippen LogP contribution in [0.5, 0.6) is 0 Å². The molecule has 0 fully saturated rings. The van der Waals surface area contributed by atoms with E-state index >= 15 is 0 Å². The largest absolute Gasteiger partial charge is 0.299 e. The molecule has 118 valence electrons. The molecular formula is C12H8N4O6S. The van der Waals surface area contributed by atoms with Crippen LogP contribution >= 0.6 is 0 Å². The third kappa shape index (κ3) is 3.91. The van der Waals surface area contributed by atoms with Crippen LogP contribution in [0.25, 0.3) is 0 Å². The van der Waals surface area contributed by atoms with Gasteiger partial charge in [-0.3, -0.25) is 20.2 Å². The van der Waals surface area contributed by atoms with Crippen LogP contribution in [0.3, 0.4) is 0 Å². The zero-order chi connectivity index (χ0) is 17.0. The van der Waals surface area contributed by atoms with E-state index in [4.69, 9.17) is 0 Å². The first-order valence-corrected chi connectivity index (χ1v) is 7.40. The van der Waals surface area contributed by atoms with Crippen molar-refractivity contribution in [2.24, 2.45) is 9.63 Å². The first kappa shape index (κ1) is 16.2. The van der Waals surface area contributed by atoms with E-state index in [1.807, 2.05) is 0 Å². The van der Waals surface area contributed by atoms with E-state index < -0.39 is 19.9 Å². The van der Waals surface area contributed by atoms with Crippen LogP contribution in [0.1, 0.15) is 0 Å². The van der Waals surface area contributed by atoms with Crippen molar-refractivity contribution in [1.29, 1.82) is 0 Å². The normalized spacial score (nSPS) is 11.5. The summed E-state index contributed by atoms with van der Waals surface area (Å²) in [7, 11) is -4.13. The second-order valence-corrected chi connectivity index (χ2v) is 5.77. The van der Waals surface area contributed by atoms with Crippen LogP contribution in [0.15, 0.2) is 63.1 Å². The van der Waals surface area contributed by atoms with E-state index in [0.717, 1.165) is 36.4 Å². The number of sulfonamides is 1. The summed E-state index contributed by atoms with van der Waals surface area (Å²) in [4.78, 5) is 19.5. The Morgan fingerprint density at radius 2 is 1.22 bits per heavy atom. The molecule has 0 spiro atoms. The summed E-state index contributed by atoms with van der Waals surface area (Å²) in [5.41, 5.74) is -0.306. The molecule has 0 bridgehead atoms. The molecule has 0 unspecified atom stereocenters. The van der Waals surface area contributed by atoms with Crippen LogP contribution in [-0.4, -0.2) is 18.3 Å². The molecule has 11 heteroatoms. The summed E-state index contributed by atoms with van der Waals surface area (Å²) in [6.45, 7) is 0. The average Bonchev–Trinajstić information content (AvgIpc) is 2.53. The van der Waals surface area contributed by atoms with Gasteiger partial charge in [-0.2, -0.15) is 8.42 Å². The van der Waals surface area contributed by atoms with Crippen molar-refractivity contribution in [3.63, 3.8) is 0 Å². The van der Waals surface area contributed by atoms with E-state index in [1.54, 1.807) is 0 Å². The number of non-ortho nitro benzene ring substituents is 2. The zero-order valence-electron chi connectivity index (χ0n) is 11.3. The summed E-state index contributed by atoms with van der Waals surface area (Å²) in [6, 6.07) is 8.97. The van der Waals surface area contributed by atoms with E-state index in [9.17, 15) is 28.6 Å². The van der Waals surface area contributed by atoms with Crippen LogP contribution in [0, 0.1) is 20.2 Å². The molecule has 2 rings (SSSR count). The van der Waals surface area contributed by atoms with Gasteiger partial charge in [0, 0.05) is 24.3 Å². The Labute approximate surface area is 129 Å².